The molecule has 2 aliphatic heterocycles. The third-order valence-corrected chi connectivity index (χ3v) is 5.13. The topological polar surface area (TPSA) is 40.6 Å². The second-order valence-electron chi connectivity index (χ2n) is 6.81. The molecule has 3 aliphatic rings. The van der Waals surface area contributed by atoms with Gasteiger partial charge in [-0.25, -0.2) is 0 Å². The Morgan fingerprint density at radius 3 is 2.63 bits per heavy atom. The van der Waals surface area contributed by atoms with Gasteiger partial charge in [-0.15, -0.1) is 0 Å². The largest absolute Gasteiger partial charge is 0.331 e. The van der Waals surface area contributed by atoms with Gasteiger partial charge in [-0.05, 0) is 31.1 Å². The van der Waals surface area contributed by atoms with Crippen molar-refractivity contribution in [3.8, 4) is 0 Å². The molecule has 2 heterocycles. The molecular formula is C15H24N2O2. The molecule has 2 saturated heterocycles. The van der Waals surface area contributed by atoms with Crippen molar-refractivity contribution in [1.82, 2.24) is 9.80 Å². The molecule has 0 aromatic carbocycles. The van der Waals surface area contributed by atoms with E-state index < -0.39 is 0 Å². The van der Waals surface area contributed by atoms with E-state index in [-0.39, 0.29) is 23.3 Å². The number of fused-ring (bicyclic) bond motifs is 1. The molecule has 1 aliphatic carbocycles. The van der Waals surface area contributed by atoms with E-state index >= 15 is 0 Å². The fourth-order valence-electron chi connectivity index (χ4n) is 4.02. The summed E-state index contributed by atoms with van der Waals surface area (Å²) in [7, 11) is 0. The molecule has 1 unspecified atom stereocenters. The number of carbonyl (C=O) groups is 2. The summed E-state index contributed by atoms with van der Waals surface area (Å²) in [5.41, 5.74) is 0.231. The monoisotopic (exact) mass is 264 g/mol. The molecule has 0 aromatic heterocycles. The number of carbonyl (C=O) groups excluding carboxylic acids is 2. The smallest absolute Gasteiger partial charge is 0.245 e. The zero-order valence-electron chi connectivity index (χ0n) is 11.9. The number of rotatable bonds is 2. The van der Waals surface area contributed by atoms with Crippen LogP contribution in [0.25, 0.3) is 0 Å². The average Bonchev–Trinajstić information content (AvgIpc) is 2.86. The standard InChI is InChI=1S/C15H24N2O2/c1-15(7-3-2-4-8-15)11-16-10-13(18)17-9-5-6-12(17)14(16)19/h12H,2-11H2,1H3. The highest BCUT2D eigenvalue weighted by Crippen LogP contribution is 2.37. The molecule has 2 amide bonds. The van der Waals surface area contributed by atoms with Crippen LogP contribution < -0.4 is 0 Å². The van der Waals surface area contributed by atoms with Gasteiger partial charge in [-0.1, -0.05) is 26.2 Å². The second-order valence-corrected chi connectivity index (χ2v) is 6.81. The maximum atomic E-state index is 12.5. The molecule has 3 fully saturated rings. The molecule has 1 atom stereocenters. The lowest BCUT2D eigenvalue weighted by atomic mass is 9.75. The number of piperazine rings is 1. The molecule has 0 N–H and O–H groups in total. The van der Waals surface area contributed by atoms with E-state index in [1.165, 1.54) is 32.1 Å². The molecule has 0 bridgehead atoms. The molecule has 1 saturated carbocycles. The fraction of sp³-hybridized carbons (Fsp3) is 0.867. The molecule has 19 heavy (non-hydrogen) atoms. The van der Waals surface area contributed by atoms with Crippen molar-refractivity contribution in [3.05, 3.63) is 0 Å². The average molecular weight is 264 g/mol. The lowest BCUT2D eigenvalue weighted by molar-refractivity contribution is -0.155. The van der Waals surface area contributed by atoms with Crippen molar-refractivity contribution in [3.63, 3.8) is 0 Å². The number of hydrogen-bond donors (Lipinski definition) is 0. The van der Waals surface area contributed by atoms with Crippen LogP contribution in [-0.4, -0.2) is 47.3 Å². The van der Waals surface area contributed by atoms with Crippen LogP contribution in [0.1, 0.15) is 51.9 Å². The Balaban J connectivity index is 1.70. The van der Waals surface area contributed by atoms with Crippen LogP contribution in [-0.2, 0) is 9.59 Å². The van der Waals surface area contributed by atoms with Crippen LogP contribution in [0, 0.1) is 5.41 Å². The van der Waals surface area contributed by atoms with Gasteiger partial charge in [0.2, 0.25) is 11.8 Å². The minimum Gasteiger partial charge on any atom is -0.331 e. The lowest BCUT2D eigenvalue weighted by Gasteiger charge is -2.42. The third kappa shape index (κ3) is 2.37. The molecule has 106 valence electrons. The highest BCUT2D eigenvalue weighted by Gasteiger charge is 2.43. The number of amides is 2. The van der Waals surface area contributed by atoms with Crippen LogP contribution in [0.15, 0.2) is 0 Å². The summed E-state index contributed by atoms with van der Waals surface area (Å²) in [6.07, 6.45) is 8.08. The summed E-state index contributed by atoms with van der Waals surface area (Å²) in [5.74, 6) is 0.352. The van der Waals surface area contributed by atoms with Crippen molar-refractivity contribution in [2.75, 3.05) is 19.6 Å². The van der Waals surface area contributed by atoms with Gasteiger partial charge in [0.1, 0.15) is 6.04 Å². The first-order chi connectivity index (χ1) is 9.09. The molecule has 0 aromatic rings. The maximum absolute atomic E-state index is 12.5. The van der Waals surface area contributed by atoms with Crippen LogP contribution >= 0.6 is 0 Å². The quantitative estimate of drug-likeness (QED) is 0.763. The highest BCUT2D eigenvalue weighted by molar-refractivity contribution is 5.95. The van der Waals surface area contributed by atoms with Crippen LogP contribution in [0.4, 0.5) is 0 Å². The Labute approximate surface area is 115 Å². The summed E-state index contributed by atoms with van der Waals surface area (Å²) in [5, 5.41) is 0. The van der Waals surface area contributed by atoms with Gasteiger partial charge in [-0.2, -0.15) is 0 Å². The highest BCUT2D eigenvalue weighted by atomic mass is 16.2. The molecule has 4 nitrogen and oxygen atoms in total. The normalized spacial score (nSPS) is 30.7. The van der Waals surface area contributed by atoms with E-state index in [9.17, 15) is 9.59 Å². The zero-order valence-corrected chi connectivity index (χ0v) is 11.9. The summed E-state index contributed by atoms with van der Waals surface area (Å²) in [6.45, 7) is 4.15. The SMILES string of the molecule is CC1(CN2CC(=O)N3CCCC3C2=O)CCCCC1. The second kappa shape index (κ2) is 4.80. The van der Waals surface area contributed by atoms with Crippen molar-refractivity contribution in [2.24, 2.45) is 5.41 Å². The molecule has 0 spiro atoms. The van der Waals surface area contributed by atoms with Gasteiger partial charge >= 0.3 is 0 Å². The maximum Gasteiger partial charge on any atom is 0.245 e. The lowest BCUT2D eigenvalue weighted by Crippen LogP contribution is -2.59. The van der Waals surface area contributed by atoms with Crippen molar-refractivity contribution in [1.29, 1.82) is 0 Å². The van der Waals surface area contributed by atoms with Crippen molar-refractivity contribution in [2.45, 2.75) is 57.9 Å². The minimum atomic E-state index is -0.145. The predicted molar refractivity (Wildman–Crippen MR) is 72.5 cm³/mol. The Hall–Kier alpha value is -1.06. The van der Waals surface area contributed by atoms with E-state index in [4.69, 9.17) is 0 Å². The molecular weight excluding hydrogens is 240 g/mol. The van der Waals surface area contributed by atoms with Crippen molar-refractivity contribution >= 4 is 11.8 Å². The Kier molecular flexibility index (Phi) is 3.27. The fourth-order valence-corrected chi connectivity index (χ4v) is 4.02. The Morgan fingerprint density at radius 1 is 1.16 bits per heavy atom. The van der Waals surface area contributed by atoms with Gasteiger partial charge in [0.05, 0.1) is 6.54 Å². The first-order valence-corrected chi connectivity index (χ1v) is 7.67. The van der Waals surface area contributed by atoms with Gasteiger partial charge in [-0.3, -0.25) is 9.59 Å². The summed E-state index contributed by atoms with van der Waals surface area (Å²) < 4.78 is 0. The molecule has 3 rings (SSSR count). The van der Waals surface area contributed by atoms with Crippen LogP contribution in [0.3, 0.4) is 0 Å². The van der Waals surface area contributed by atoms with E-state index in [0.717, 1.165) is 25.9 Å². The van der Waals surface area contributed by atoms with Crippen molar-refractivity contribution < 1.29 is 9.59 Å². The van der Waals surface area contributed by atoms with Gasteiger partial charge < -0.3 is 9.80 Å². The van der Waals surface area contributed by atoms with E-state index in [0.29, 0.717) is 6.54 Å². The van der Waals surface area contributed by atoms with E-state index in [2.05, 4.69) is 6.92 Å². The molecule has 4 heteroatoms. The van der Waals surface area contributed by atoms with Gasteiger partial charge in [0.15, 0.2) is 0 Å². The Bertz CT molecular complexity index is 388. The van der Waals surface area contributed by atoms with Crippen LogP contribution in [0.5, 0.6) is 0 Å². The van der Waals surface area contributed by atoms with Gasteiger partial charge in [0, 0.05) is 13.1 Å². The Morgan fingerprint density at radius 2 is 1.89 bits per heavy atom. The van der Waals surface area contributed by atoms with E-state index in [1.807, 2.05) is 4.90 Å². The van der Waals surface area contributed by atoms with E-state index in [1.54, 1.807) is 4.90 Å². The number of hydrogen-bond acceptors (Lipinski definition) is 2. The predicted octanol–water partition coefficient (Wildman–Crippen LogP) is 1.79. The summed E-state index contributed by atoms with van der Waals surface area (Å²) in [4.78, 5) is 28.3. The summed E-state index contributed by atoms with van der Waals surface area (Å²) in [6, 6.07) is -0.145. The van der Waals surface area contributed by atoms with Crippen LogP contribution in [0.2, 0.25) is 0 Å². The molecule has 0 radical (unpaired) electrons. The minimum absolute atomic E-state index is 0.145. The summed E-state index contributed by atoms with van der Waals surface area (Å²) >= 11 is 0. The zero-order chi connectivity index (χ0) is 13.5. The third-order valence-electron chi connectivity index (χ3n) is 5.13. The van der Waals surface area contributed by atoms with Gasteiger partial charge in [0.25, 0.3) is 0 Å². The first-order valence-electron chi connectivity index (χ1n) is 7.67. The number of nitrogens with zero attached hydrogens (tertiary/aromatic N) is 2. The first kappa shape index (κ1) is 12.9.